The molecule has 0 unspecified atom stereocenters. The Morgan fingerprint density at radius 3 is 2.73 bits per heavy atom. The molecule has 0 aliphatic carbocycles. The van der Waals surface area contributed by atoms with Crippen LogP contribution in [-0.4, -0.2) is 37.3 Å². The molecule has 162 valence electrons. The van der Waals surface area contributed by atoms with E-state index in [2.05, 4.69) is 15.6 Å². The second-order valence-electron chi connectivity index (χ2n) is 7.00. The molecule has 0 saturated carbocycles. The van der Waals surface area contributed by atoms with E-state index in [4.69, 9.17) is 15.2 Å². The molecule has 2 atom stereocenters. The number of benzene rings is 1. The SMILES string of the molecule is CNc1ncc(O[C@H]2CCOC2)cc1C(=O)N[C@H](C)c1cc(N)cc(C(F)(F)F)c1. The van der Waals surface area contributed by atoms with Crippen molar-refractivity contribution in [3.8, 4) is 5.75 Å². The number of carbonyl (C=O) groups is 1. The number of amides is 1. The zero-order valence-corrected chi connectivity index (χ0v) is 16.5. The molecule has 10 heteroatoms. The number of ether oxygens (including phenoxy) is 2. The number of aromatic nitrogens is 1. The molecule has 4 N–H and O–H groups in total. The van der Waals surface area contributed by atoms with Gasteiger partial charge in [0.05, 0.1) is 36.6 Å². The minimum absolute atomic E-state index is 0.0346. The first-order chi connectivity index (χ1) is 14.2. The number of rotatable bonds is 6. The summed E-state index contributed by atoms with van der Waals surface area (Å²) >= 11 is 0. The van der Waals surface area contributed by atoms with Crippen molar-refractivity contribution in [1.29, 1.82) is 0 Å². The highest BCUT2D eigenvalue weighted by atomic mass is 19.4. The van der Waals surface area contributed by atoms with Crippen LogP contribution in [0.3, 0.4) is 0 Å². The van der Waals surface area contributed by atoms with Gasteiger partial charge in [-0.3, -0.25) is 4.79 Å². The van der Waals surface area contributed by atoms with Gasteiger partial charge in [-0.2, -0.15) is 13.2 Å². The molecule has 30 heavy (non-hydrogen) atoms. The number of hydrogen-bond donors (Lipinski definition) is 3. The molecule has 0 bridgehead atoms. The van der Waals surface area contributed by atoms with Crippen molar-refractivity contribution < 1.29 is 27.4 Å². The zero-order chi connectivity index (χ0) is 21.9. The number of nitrogens with zero attached hydrogens (tertiary/aromatic N) is 1. The van der Waals surface area contributed by atoms with E-state index in [0.29, 0.717) is 24.8 Å². The van der Waals surface area contributed by atoms with Gasteiger partial charge in [0.2, 0.25) is 0 Å². The van der Waals surface area contributed by atoms with Gasteiger partial charge >= 0.3 is 6.18 Å². The lowest BCUT2D eigenvalue weighted by Gasteiger charge is -2.19. The van der Waals surface area contributed by atoms with Gasteiger partial charge in [0, 0.05) is 19.2 Å². The van der Waals surface area contributed by atoms with Crippen molar-refractivity contribution in [3.63, 3.8) is 0 Å². The van der Waals surface area contributed by atoms with Gasteiger partial charge in [-0.15, -0.1) is 0 Å². The lowest BCUT2D eigenvalue weighted by molar-refractivity contribution is -0.137. The van der Waals surface area contributed by atoms with Crippen LogP contribution in [0.1, 0.15) is 40.9 Å². The minimum Gasteiger partial charge on any atom is -0.486 e. The Bertz CT molecular complexity index is 915. The normalized spacial score (nSPS) is 17.4. The van der Waals surface area contributed by atoms with Gasteiger partial charge in [-0.05, 0) is 36.8 Å². The second kappa shape index (κ2) is 8.78. The number of halogens is 3. The summed E-state index contributed by atoms with van der Waals surface area (Å²) in [5.74, 6) is 0.215. The van der Waals surface area contributed by atoms with E-state index in [1.54, 1.807) is 20.0 Å². The Morgan fingerprint density at radius 2 is 2.10 bits per heavy atom. The molecule has 1 aliphatic rings. The molecular weight excluding hydrogens is 401 g/mol. The van der Waals surface area contributed by atoms with Crippen LogP contribution in [0.5, 0.6) is 5.75 Å². The van der Waals surface area contributed by atoms with Gasteiger partial charge in [-0.25, -0.2) is 4.98 Å². The Kier molecular flexibility index (Phi) is 6.35. The summed E-state index contributed by atoms with van der Waals surface area (Å²) < 4.78 is 50.3. The van der Waals surface area contributed by atoms with Gasteiger partial charge in [0.1, 0.15) is 17.7 Å². The Balaban J connectivity index is 1.80. The fourth-order valence-electron chi connectivity index (χ4n) is 3.13. The molecule has 0 radical (unpaired) electrons. The highest BCUT2D eigenvalue weighted by Gasteiger charge is 2.31. The number of hydrogen-bond acceptors (Lipinski definition) is 6. The molecule has 2 heterocycles. The summed E-state index contributed by atoms with van der Waals surface area (Å²) in [6.45, 7) is 2.65. The van der Waals surface area contributed by atoms with Gasteiger partial charge in [0.25, 0.3) is 5.91 Å². The molecule has 1 fully saturated rings. The van der Waals surface area contributed by atoms with Gasteiger partial charge < -0.3 is 25.8 Å². The van der Waals surface area contributed by atoms with E-state index in [0.717, 1.165) is 18.6 Å². The standard InChI is InChI=1S/C20H23F3N4O3/c1-11(12-5-13(20(21,22)23)7-14(24)6-12)27-19(28)17-8-16(9-26-18(17)25-2)30-15-3-4-29-10-15/h5-9,11,15H,3-4,10,24H2,1-2H3,(H,25,26)(H,27,28)/t11-,15+/m1/s1. The molecular formula is C20H23F3N4O3. The summed E-state index contributed by atoms with van der Waals surface area (Å²) in [4.78, 5) is 17.0. The second-order valence-corrected chi connectivity index (χ2v) is 7.00. The van der Waals surface area contributed by atoms with Crippen LogP contribution in [0.15, 0.2) is 30.5 Å². The number of carbonyl (C=O) groups excluding carboxylic acids is 1. The molecule has 1 aromatic carbocycles. The molecule has 1 amide bonds. The van der Waals surface area contributed by atoms with E-state index in [1.807, 2.05) is 0 Å². The maximum atomic E-state index is 13.1. The number of nitrogens with one attached hydrogen (secondary N) is 2. The lowest BCUT2D eigenvalue weighted by atomic mass is 10.0. The van der Waals surface area contributed by atoms with Crippen LogP contribution in [0.2, 0.25) is 0 Å². The topological polar surface area (TPSA) is 98.5 Å². The number of alkyl halides is 3. The van der Waals surface area contributed by atoms with E-state index in [9.17, 15) is 18.0 Å². The van der Waals surface area contributed by atoms with Crippen LogP contribution in [0, 0.1) is 0 Å². The molecule has 1 saturated heterocycles. The third kappa shape index (κ3) is 5.12. The molecule has 2 aromatic rings. The summed E-state index contributed by atoms with van der Waals surface area (Å²) in [6.07, 6.45) is -2.41. The first-order valence-corrected chi connectivity index (χ1v) is 9.38. The molecule has 3 rings (SSSR count). The van der Waals surface area contributed by atoms with Crippen LogP contribution < -0.4 is 21.1 Å². The number of pyridine rings is 1. The van der Waals surface area contributed by atoms with Crippen molar-refractivity contribution >= 4 is 17.4 Å². The van der Waals surface area contributed by atoms with Crippen LogP contribution in [0.4, 0.5) is 24.7 Å². The summed E-state index contributed by atoms with van der Waals surface area (Å²) in [6, 6.07) is 4.04. The largest absolute Gasteiger partial charge is 0.486 e. The molecule has 0 spiro atoms. The maximum absolute atomic E-state index is 13.1. The van der Waals surface area contributed by atoms with E-state index in [-0.39, 0.29) is 22.9 Å². The average molecular weight is 424 g/mol. The lowest BCUT2D eigenvalue weighted by Crippen LogP contribution is -2.28. The maximum Gasteiger partial charge on any atom is 0.416 e. The van der Waals surface area contributed by atoms with E-state index in [1.165, 1.54) is 12.3 Å². The summed E-state index contributed by atoms with van der Waals surface area (Å²) in [5, 5.41) is 5.52. The van der Waals surface area contributed by atoms with Crippen molar-refractivity contribution in [3.05, 3.63) is 47.2 Å². The highest BCUT2D eigenvalue weighted by molar-refractivity contribution is 5.99. The predicted molar refractivity (Wildman–Crippen MR) is 105 cm³/mol. The Labute approximate surface area is 171 Å². The first kappa shape index (κ1) is 21.7. The number of nitrogen functional groups attached to an aromatic ring is 1. The van der Waals surface area contributed by atoms with Crippen molar-refractivity contribution in [2.75, 3.05) is 31.3 Å². The summed E-state index contributed by atoms with van der Waals surface area (Å²) in [5.41, 5.74) is 5.16. The minimum atomic E-state index is -4.54. The Morgan fingerprint density at radius 1 is 1.33 bits per heavy atom. The zero-order valence-electron chi connectivity index (χ0n) is 16.5. The van der Waals surface area contributed by atoms with E-state index < -0.39 is 23.7 Å². The third-order valence-corrected chi connectivity index (χ3v) is 4.69. The fraction of sp³-hybridized carbons (Fsp3) is 0.400. The first-order valence-electron chi connectivity index (χ1n) is 9.38. The molecule has 7 nitrogen and oxygen atoms in total. The quantitative estimate of drug-likeness (QED) is 0.615. The van der Waals surface area contributed by atoms with Gasteiger partial charge in [-0.1, -0.05) is 0 Å². The monoisotopic (exact) mass is 424 g/mol. The van der Waals surface area contributed by atoms with E-state index >= 15 is 0 Å². The smallest absolute Gasteiger partial charge is 0.416 e. The molecule has 1 aromatic heterocycles. The third-order valence-electron chi connectivity index (χ3n) is 4.69. The van der Waals surface area contributed by atoms with Crippen molar-refractivity contribution in [1.82, 2.24) is 10.3 Å². The van der Waals surface area contributed by atoms with Gasteiger partial charge in [0.15, 0.2) is 0 Å². The van der Waals surface area contributed by atoms with Crippen LogP contribution in [-0.2, 0) is 10.9 Å². The van der Waals surface area contributed by atoms with Crippen LogP contribution >= 0.6 is 0 Å². The fourth-order valence-corrected chi connectivity index (χ4v) is 3.13. The Hall–Kier alpha value is -3.01. The number of anilines is 2. The average Bonchev–Trinajstić information content (AvgIpc) is 3.19. The predicted octanol–water partition coefficient (Wildman–Crippen LogP) is 3.38. The highest BCUT2D eigenvalue weighted by Crippen LogP contribution is 2.33. The van der Waals surface area contributed by atoms with Crippen molar-refractivity contribution in [2.45, 2.75) is 31.7 Å². The van der Waals surface area contributed by atoms with Crippen LogP contribution in [0.25, 0.3) is 0 Å². The number of nitrogens with two attached hydrogens (primary N) is 1. The van der Waals surface area contributed by atoms with Crippen molar-refractivity contribution in [2.24, 2.45) is 0 Å². The molecule has 1 aliphatic heterocycles. The summed E-state index contributed by atoms with van der Waals surface area (Å²) in [7, 11) is 1.61.